The van der Waals surface area contributed by atoms with Crippen molar-refractivity contribution in [2.45, 2.75) is 0 Å². The van der Waals surface area contributed by atoms with E-state index in [9.17, 15) is 0 Å². The van der Waals surface area contributed by atoms with Gasteiger partial charge in [0.05, 0.1) is 22.1 Å². The summed E-state index contributed by atoms with van der Waals surface area (Å²) in [4.78, 5) is 10.1. The van der Waals surface area contributed by atoms with Gasteiger partial charge in [-0.25, -0.2) is 9.98 Å². The van der Waals surface area contributed by atoms with Crippen molar-refractivity contribution in [3.63, 3.8) is 0 Å². The molecule has 5 aromatic carbocycles. The quantitative estimate of drug-likeness (QED) is 0.293. The number of aromatic nitrogens is 3. The molecule has 0 unspecified atom stereocenters. The molecule has 0 spiro atoms. The SMILES string of the molecule is c1ccc(-c2nnnc(-c3cccc4c3-c3c5c(ccc3=N4)=c3ccccc3=N5)c2-c2ccccc2)cc1. The molecule has 0 saturated carbocycles. The molecular formula is C33H19N5. The first-order chi connectivity index (χ1) is 18.9. The second kappa shape index (κ2) is 8.11. The summed E-state index contributed by atoms with van der Waals surface area (Å²) in [5.41, 5.74) is 9.47. The Labute approximate surface area is 217 Å². The van der Waals surface area contributed by atoms with Crippen LogP contribution in [0, 0.1) is 10.4 Å². The van der Waals surface area contributed by atoms with Crippen molar-refractivity contribution >= 4 is 11.4 Å². The molecular weight excluding hydrogens is 466 g/mol. The van der Waals surface area contributed by atoms with Gasteiger partial charge in [0.25, 0.3) is 0 Å². The van der Waals surface area contributed by atoms with E-state index in [4.69, 9.17) is 9.98 Å². The summed E-state index contributed by atoms with van der Waals surface area (Å²) < 4.78 is 0. The molecule has 2 aliphatic rings. The Morgan fingerprint density at radius 3 is 2.00 bits per heavy atom. The number of benzene rings is 5. The monoisotopic (exact) mass is 485 g/mol. The molecule has 0 amide bonds. The third-order valence-electron chi connectivity index (χ3n) is 7.24. The fourth-order valence-electron chi connectivity index (χ4n) is 5.58. The summed E-state index contributed by atoms with van der Waals surface area (Å²) in [5, 5.41) is 17.6. The van der Waals surface area contributed by atoms with Gasteiger partial charge in [-0.1, -0.05) is 91.0 Å². The van der Waals surface area contributed by atoms with Crippen molar-refractivity contribution in [3.8, 4) is 44.8 Å². The average molecular weight is 486 g/mol. The topological polar surface area (TPSA) is 63.4 Å². The van der Waals surface area contributed by atoms with Crippen LogP contribution < -0.4 is 10.7 Å². The summed E-state index contributed by atoms with van der Waals surface area (Å²) in [5.74, 6) is 0. The number of fused-ring (bicyclic) bond motifs is 6. The van der Waals surface area contributed by atoms with Crippen LogP contribution in [0.15, 0.2) is 125 Å². The van der Waals surface area contributed by atoms with E-state index in [1.165, 1.54) is 0 Å². The van der Waals surface area contributed by atoms with Crippen LogP contribution in [0.25, 0.3) is 44.8 Å². The van der Waals surface area contributed by atoms with E-state index in [0.29, 0.717) is 0 Å². The van der Waals surface area contributed by atoms with Crippen LogP contribution in [-0.2, 0) is 0 Å². The van der Waals surface area contributed by atoms with E-state index in [1.54, 1.807) is 0 Å². The van der Waals surface area contributed by atoms with E-state index in [0.717, 1.165) is 77.3 Å². The molecule has 0 bridgehead atoms. The molecule has 0 radical (unpaired) electrons. The maximum absolute atomic E-state index is 5.06. The molecule has 176 valence electrons. The molecule has 3 heterocycles. The van der Waals surface area contributed by atoms with E-state index in [-0.39, 0.29) is 0 Å². The zero-order chi connectivity index (χ0) is 25.1. The lowest BCUT2D eigenvalue weighted by Gasteiger charge is -2.15. The van der Waals surface area contributed by atoms with E-state index in [1.807, 2.05) is 48.5 Å². The van der Waals surface area contributed by atoms with Crippen molar-refractivity contribution in [1.29, 1.82) is 0 Å². The number of para-hydroxylation sites is 1. The molecule has 1 aromatic heterocycles. The number of hydrogen-bond donors (Lipinski definition) is 0. The van der Waals surface area contributed by atoms with E-state index in [2.05, 4.69) is 82.1 Å². The smallest absolute Gasteiger partial charge is 0.105 e. The minimum absolute atomic E-state index is 0.776. The first-order valence-corrected chi connectivity index (χ1v) is 12.5. The zero-order valence-corrected chi connectivity index (χ0v) is 20.2. The maximum atomic E-state index is 5.06. The number of rotatable bonds is 3. The minimum Gasteiger partial charge on any atom is -0.248 e. The van der Waals surface area contributed by atoms with Gasteiger partial charge in [-0.15, -0.1) is 10.2 Å². The third-order valence-corrected chi connectivity index (χ3v) is 7.24. The maximum Gasteiger partial charge on any atom is 0.105 e. The van der Waals surface area contributed by atoms with E-state index >= 15 is 0 Å². The third kappa shape index (κ3) is 3.02. The first-order valence-electron chi connectivity index (χ1n) is 12.5. The van der Waals surface area contributed by atoms with Crippen LogP contribution >= 0.6 is 0 Å². The van der Waals surface area contributed by atoms with Crippen molar-refractivity contribution in [1.82, 2.24) is 15.4 Å². The fourth-order valence-corrected chi connectivity index (χ4v) is 5.58. The Balaban J connectivity index is 1.46. The van der Waals surface area contributed by atoms with Gasteiger partial charge in [0, 0.05) is 38.3 Å². The highest BCUT2D eigenvalue weighted by Gasteiger charge is 2.27. The van der Waals surface area contributed by atoms with Crippen LogP contribution in [0.1, 0.15) is 0 Å². The normalized spacial score (nSPS) is 12.1. The average Bonchev–Trinajstić information content (AvgIpc) is 3.56. The Morgan fingerprint density at radius 2 is 1.16 bits per heavy atom. The molecule has 5 heteroatoms. The highest BCUT2D eigenvalue weighted by atomic mass is 15.3. The van der Waals surface area contributed by atoms with Gasteiger partial charge in [-0.3, -0.25) is 0 Å². The van der Waals surface area contributed by atoms with Crippen LogP contribution in [0.5, 0.6) is 0 Å². The molecule has 8 rings (SSSR count). The van der Waals surface area contributed by atoms with Gasteiger partial charge in [-0.2, -0.15) is 0 Å². The summed E-state index contributed by atoms with van der Waals surface area (Å²) in [6, 6.07) is 39.2. The minimum atomic E-state index is 0.776. The predicted molar refractivity (Wildman–Crippen MR) is 147 cm³/mol. The zero-order valence-electron chi connectivity index (χ0n) is 20.2. The van der Waals surface area contributed by atoms with Crippen molar-refractivity contribution in [3.05, 3.63) is 136 Å². The molecule has 6 aromatic rings. The van der Waals surface area contributed by atoms with Crippen LogP contribution in [0.4, 0.5) is 11.4 Å². The van der Waals surface area contributed by atoms with Crippen LogP contribution in [0.3, 0.4) is 0 Å². The fraction of sp³-hybridized carbons (Fsp3) is 0. The largest absolute Gasteiger partial charge is 0.248 e. The van der Waals surface area contributed by atoms with Crippen molar-refractivity contribution in [2.24, 2.45) is 9.98 Å². The summed E-state index contributed by atoms with van der Waals surface area (Å²) in [6.07, 6.45) is 0. The van der Waals surface area contributed by atoms with Gasteiger partial charge in [-0.05, 0) is 35.0 Å². The molecule has 0 N–H and O–H groups in total. The first kappa shape index (κ1) is 20.9. The lowest BCUT2D eigenvalue weighted by Crippen LogP contribution is -2.03. The van der Waals surface area contributed by atoms with Crippen molar-refractivity contribution < 1.29 is 0 Å². The summed E-state index contributed by atoms with van der Waals surface area (Å²) in [6.45, 7) is 0. The lowest BCUT2D eigenvalue weighted by molar-refractivity contribution is 0.879. The molecule has 0 saturated heterocycles. The van der Waals surface area contributed by atoms with Gasteiger partial charge in [0.1, 0.15) is 11.4 Å². The molecule has 0 fully saturated rings. The Bertz CT molecular complexity index is 2120. The Kier molecular flexibility index (Phi) is 4.45. The molecule has 5 nitrogen and oxygen atoms in total. The molecule has 0 aliphatic carbocycles. The molecule has 38 heavy (non-hydrogen) atoms. The van der Waals surface area contributed by atoms with Crippen molar-refractivity contribution in [2.75, 3.05) is 0 Å². The number of nitrogens with zero attached hydrogens (tertiary/aromatic N) is 5. The Morgan fingerprint density at radius 1 is 0.421 bits per heavy atom. The highest BCUT2D eigenvalue weighted by Crippen LogP contribution is 2.47. The second-order valence-corrected chi connectivity index (χ2v) is 9.39. The van der Waals surface area contributed by atoms with Gasteiger partial charge < -0.3 is 0 Å². The Hall–Kier alpha value is -5.29. The summed E-state index contributed by atoms with van der Waals surface area (Å²) >= 11 is 0. The lowest BCUT2D eigenvalue weighted by atomic mass is 9.90. The van der Waals surface area contributed by atoms with Gasteiger partial charge in [0.15, 0.2) is 0 Å². The van der Waals surface area contributed by atoms with Gasteiger partial charge in [0.2, 0.25) is 0 Å². The standard InChI is InChI=1S/C33H19N5/c1-3-10-20(11-4-1)28-31(21-12-5-2-6-13-21)36-38-37-33(28)24-15-9-17-26-29(24)30-27(34-26)19-18-23-22-14-7-8-16-25(22)35-32(23)30/h1-19H. The molecule has 2 aliphatic heterocycles. The predicted octanol–water partition coefficient (Wildman–Crippen LogP) is 6.36. The van der Waals surface area contributed by atoms with Crippen LogP contribution in [0.2, 0.25) is 0 Å². The van der Waals surface area contributed by atoms with Crippen LogP contribution in [-0.4, -0.2) is 15.4 Å². The van der Waals surface area contributed by atoms with E-state index < -0.39 is 0 Å². The molecule has 0 atom stereocenters. The summed E-state index contributed by atoms with van der Waals surface area (Å²) in [7, 11) is 0. The number of hydrogen-bond acceptors (Lipinski definition) is 5. The second-order valence-electron chi connectivity index (χ2n) is 9.39. The highest BCUT2D eigenvalue weighted by molar-refractivity contribution is 6.01. The van der Waals surface area contributed by atoms with Gasteiger partial charge >= 0.3 is 0 Å².